The van der Waals surface area contributed by atoms with Crippen LogP contribution in [0.1, 0.15) is 45.6 Å². The van der Waals surface area contributed by atoms with Gasteiger partial charge in [-0.05, 0) is 44.4 Å². The van der Waals surface area contributed by atoms with Crippen LogP contribution >= 0.6 is 0 Å². The number of carbonyl (C=O) groups is 1. The molecule has 0 bridgehead atoms. The van der Waals surface area contributed by atoms with Crippen molar-refractivity contribution in [2.45, 2.75) is 45.6 Å². The molecule has 1 rings (SSSR count). The Hall–Kier alpha value is -1.55. The lowest BCUT2D eigenvalue weighted by atomic mass is 9.96. The van der Waals surface area contributed by atoms with Crippen molar-refractivity contribution in [3.05, 3.63) is 29.8 Å². The van der Waals surface area contributed by atoms with Crippen LogP contribution in [-0.4, -0.2) is 41.7 Å². The van der Waals surface area contributed by atoms with Crippen LogP contribution in [0.4, 0.5) is 0 Å². The van der Waals surface area contributed by atoms with Crippen LogP contribution in [0.3, 0.4) is 0 Å². The van der Waals surface area contributed by atoms with Crippen molar-refractivity contribution in [2.75, 3.05) is 20.2 Å². The van der Waals surface area contributed by atoms with Gasteiger partial charge in [-0.2, -0.15) is 0 Å². The number of ether oxygens (including phenoxy) is 1. The van der Waals surface area contributed by atoms with Crippen LogP contribution in [0.2, 0.25) is 0 Å². The van der Waals surface area contributed by atoms with Gasteiger partial charge in [0.2, 0.25) is 5.91 Å². The minimum atomic E-state index is -0.870. The fourth-order valence-corrected chi connectivity index (χ4v) is 2.30. The number of amides is 1. The summed E-state index contributed by atoms with van der Waals surface area (Å²) in [5.41, 5.74) is 0.215. The molecule has 1 unspecified atom stereocenters. The molecule has 1 aromatic carbocycles. The Labute approximate surface area is 127 Å². The first-order chi connectivity index (χ1) is 9.76. The van der Waals surface area contributed by atoms with Crippen molar-refractivity contribution in [1.82, 2.24) is 4.90 Å². The predicted molar refractivity (Wildman–Crippen MR) is 84.6 cm³/mol. The molecule has 0 saturated heterocycles. The second-order valence-electron chi connectivity index (χ2n) is 6.10. The molecular formula is C17H27NO3. The highest BCUT2D eigenvalue weighted by molar-refractivity contribution is 5.77. The van der Waals surface area contributed by atoms with Crippen LogP contribution < -0.4 is 4.74 Å². The number of aliphatic hydroxyl groups is 1. The number of rotatable bonds is 7. The van der Waals surface area contributed by atoms with E-state index in [0.29, 0.717) is 19.5 Å². The van der Waals surface area contributed by atoms with E-state index < -0.39 is 5.60 Å². The second kappa shape index (κ2) is 7.46. The average molecular weight is 293 g/mol. The van der Waals surface area contributed by atoms with Gasteiger partial charge in [0.1, 0.15) is 5.75 Å². The summed E-state index contributed by atoms with van der Waals surface area (Å²) in [5.74, 6) is 0.981. The van der Waals surface area contributed by atoms with Crippen molar-refractivity contribution in [3.63, 3.8) is 0 Å². The van der Waals surface area contributed by atoms with Gasteiger partial charge >= 0.3 is 0 Å². The predicted octanol–water partition coefficient (Wildman–Crippen LogP) is 2.81. The largest absolute Gasteiger partial charge is 0.497 e. The summed E-state index contributed by atoms with van der Waals surface area (Å²) < 4.78 is 5.22. The maximum Gasteiger partial charge on any atom is 0.223 e. The first-order valence-electron chi connectivity index (χ1n) is 7.41. The van der Waals surface area contributed by atoms with Gasteiger partial charge in [0.25, 0.3) is 0 Å². The molecule has 0 radical (unpaired) electrons. The Bertz CT molecular complexity index is 465. The zero-order valence-electron chi connectivity index (χ0n) is 13.7. The molecule has 0 fully saturated rings. The molecule has 1 amide bonds. The van der Waals surface area contributed by atoms with Crippen LogP contribution in [0, 0.1) is 0 Å². The molecule has 21 heavy (non-hydrogen) atoms. The Balaban J connectivity index is 2.71. The topological polar surface area (TPSA) is 49.8 Å². The zero-order chi connectivity index (χ0) is 16.0. The van der Waals surface area contributed by atoms with Crippen LogP contribution in [0.5, 0.6) is 5.75 Å². The van der Waals surface area contributed by atoms with E-state index in [1.807, 2.05) is 38.1 Å². The summed E-state index contributed by atoms with van der Waals surface area (Å²) in [4.78, 5) is 14.1. The van der Waals surface area contributed by atoms with Crippen molar-refractivity contribution >= 4 is 5.91 Å². The van der Waals surface area contributed by atoms with Gasteiger partial charge in [-0.25, -0.2) is 0 Å². The highest BCUT2D eigenvalue weighted by Crippen LogP contribution is 2.24. The third kappa shape index (κ3) is 5.76. The Morgan fingerprint density at radius 1 is 1.43 bits per heavy atom. The summed E-state index contributed by atoms with van der Waals surface area (Å²) in [7, 11) is 1.64. The van der Waals surface area contributed by atoms with Crippen molar-refractivity contribution in [3.8, 4) is 5.75 Å². The third-order valence-corrected chi connectivity index (χ3v) is 3.46. The Kier molecular flexibility index (Phi) is 6.21. The number of carbonyl (C=O) groups excluding carboxylic acids is 1. The fourth-order valence-electron chi connectivity index (χ4n) is 2.30. The quantitative estimate of drug-likeness (QED) is 0.841. The van der Waals surface area contributed by atoms with Crippen LogP contribution in [-0.2, 0) is 4.79 Å². The Morgan fingerprint density at radius 3 is 2.62 bits per heavy atom. The number of nitrogens with zero attached hydrogens (tertiary/aromatic N) is 1. The maximum atomic E-state index is 12.4. The van der Waals surface area contributed by atoms with E-state index in [2.05, 4.69) is 0 Å². The number of benzene rings is 1. The van der Waals surface area contributed by atoms with Gasteiger partial charge in [0.05, 0.1) is 12.7 Å². The molecule has 0 aliphatic rings. The van der Waals surface area contributed by atoms with Gasteiger partial charge in [-0.1, -0.05) is 19.1 Å². The molecule has 0 aliphatic carbocycles. The summed E-state index contributed by atoms with van der Waals surface area (Å²) in [6.45, 7) is 8.36. The van der Waals surface area contributed by atoms with Gasteiger partial charge in [-0.15, -0.1) is 0 Å². The SMILES string of the molecule is CCN(CC(C)(C)O)C(=O)CC(C)c1cccc(OC)c1. The van der Waals surface area contributed by atoms with Crippen molar-refractivity contribution in [1.29, 1.82) is 0 Å². The van der Waals surface area contributed by atoms with Gasteiger partial charge in [0.15, 0.2) is 0 Å². The third-order valence-electron chi connectivity index (χ3n) is 3.46. The minimum Gasteiger partial charge on any atom is -0.497 e. The molecule has 0 spiro atoms. The first kappa shape index (κ1) is 17.5. The fraction of sp³-hybridized carbons (Fsp3) is 0.588. The van der Waals surface area contributed by atoms with Gasteiger partial charge in [0, 0.05) is 19.5 Å². The number of hydrogen-bond donors (Lipinski definition) is 1. The lowest BCUT2D eigenvalue weighted by Crippen LogP contribution is -2.42. The lowest BCUT2D eigenvalue weighted by Gasteiger charge is -2.29. The lowest BCUT2D eigenvalue weighted by molar-refractivity contribution is -0.134. The van der Waals surface area contributed by atoms with Crippen LogP contribution in [0.25, 0.3) is 0 Å². The van der Waals surface area contributed by atoms with E-state index in [9.17, 15) is 9.90 Å². The molecule has 118 valence electrons. The van der Waals surface area contributed by atoms with E-state index in [1.165, 1.54) is 0 Å². The highest BCUT2D eigenvalue weighted by Gasteiger charge is 2.22. The monoisotopic (exact) mass is 293 g/mol. The maximum absolute atomic E-state index is 12.4. The molecule has 0 saturated carbocycles. The minimum absolute atomic E-state index is 0.0648. The number of likely N-dealkylation sites (N-methyl/N-ethyl adjacent to an activating group) is 1. The smallest absolute Gasteiger partial charge is 0.223 e. The van der Waals surface area contributed by atoms with E-state index in [4.69, 9.17) is 4.74 Å². The normalized spacial score (nSPS) is 12.9. The summed E-state index contributed by atoms with van der Waals surface area (Å²) in [6, 6.07) is 7.80. The summed E-state index contributed by atoms with van der Waals surface area (Å²) in [6.07, 6.45) is 0.428. The number of methoxy groups -OCH3 is 1. The van der Waals surface area contributed by atoms with E-state index in [1.54, 1.807) is 25.9 Å². The van der Waals surface area contributed by atoms with Gasteiger partial charge in [-0.3, -0.25) is 4.79 Å². The summed E-state index contributed by atoms with van der Waals surface area (Å²) >= 11 is 0. The molecule has 1 N–H and O–H groups in total. The Morgan fingerprint density at radius 2 is 2.10 bits per heavy atom. The molecule has 0 aliphatic heterocycles. The zero-order valence-corrected chi connectivity index (χ0v) is 13.7. The van der Waals surface area contributed by atoms with Crippen molar-refractivity contribution in [2.24, 2.45) is 0 Å². The summed E-state index contributed by atoms with van der Waals surface area (Å²) in [5, 5.41) is 9.88. The highest BCUT2D eigenvalue weighted by atomic mass is 16.5. The first-order valence-corrected chi connectivity index (χ1v) is 7.41. The van der Waals surface area contributed by atoms with Gasteiger partial charge < -0.3 is 14.7 Å². The van der Waals surface area contributed by atoms with E-state index >= 15 is 0 Å². The molecule has 4 nitrogen and oxygen atoms in total. The standard InChI is InChI=1S/C17H27NO3/c1-6-18(12-17(3,4)20)16(19)10-13(2)14-8-7-9-15(11-14)21-5/h7-9,11,13,20H,6,10,12H2,1-5H3. The molecule has 1 atom stereocenters. The van der Waals surface area contributed by atoms with E-state index in [-0.39, 0.29) is 11.8 Å². The van der Waals surface area contributed by atoms with E-state index in [0.717, 1.165) is 11.3 Å². The molecule has 0 aromatic heterocycles. The number of hydrogen-bond acceptors (Lipinski definition) is 3. The molecule has 0 heterocycles. The second-order valence-corrected chi connectivity index (χ2v) is 6.10. The molecular weight excluding hydrogens is 266 g/mol. The van der Waals surface area contributed by atoms with Crippen LogP contribution in [0.15, 0.2) is 24.3 Å². The molecule has 4 heteroatoms. The van der Waals surface area contributed by atoms with Crippen molar-refractivity contribution < 1.29 is 14.6 Å². The molecule has 1 aromatic rings. The average Bonchev–Trinajstić information content (AvgIpc) is 2.43.